The number of amides is 1. The van der Waals surface area contributed by atoms with E-state index in [4.69, 9.17) is 9.47 Å². The van der Waals surface area contributed by atoms with Gasteiger partial charge in [-0.1, -0.05) is 12.1 Å². The Morgan fingerprint density at radius 1 is 0.931 bits per heavy atom. The van der Waals surface area contributed by atoms with E-state index in [1.807, 2.05) is 40.7 Å². The average molecular weight is 397 g/mol. The molecule has 0 saturated heterocycles. The largest absolute Gasteiger partial charge is 0.493 e. The van der Waals surface area contributed by atoms with E-state index >= 15 is 0 Å². The van der Waals surface area contributed by atoms with Crippen molar-refractivity contribution in [3.8, 4) is 5.75 Å². The van der Waals surface area contributed by atoms with E-state index in [2.05, 4.69) is 5.32 Å². The van der Waals surface area contributed by atoms with Crippen molar-refractivity contribution in [2.45, 2.75) is 34.6 Å². The molecule has 0 radical (unpaired) electrons. The number of ketones is 1. The van der Waals surface area contributed by atoms with Crippen LogP contribution < -0.4 is 10.1 Å². The first kappa shape index (κ1) is 22.1. The van der Waals surface area contributed by atoms with E-state index in [-0.39, 0.29) is 18.9 Å². The Hall–Kier alpha value is -3.15. The zero-order chi connectivity index (χ0) is 21.6. The lowest BCUT2D eigenvalue weighted by Crippen LogP contribution is -2.31. The first-order valence-electron chi connectivity index (χ1n) is 9.52. The summed E-state index contributed by atoms with van der Waals surface area (Å²) in [7, 11) is 0. The van der Waals surface area contributed by atoms with Gasteiger partial charge in [0.2, 0.25) is 5.78 Å². The Balaban J connectivity index is 1.92. The van der Waals surface area contributed by atoms with Crippen molar-refractivity contribution in [3.63, 3.8) is 0 Å². The van der Waals surface area contributed by atoms with Crippen LogP contribution in [-0.2, 0) is 9.53 Å². The van der Waals surface area contributed by atoms with Gasteiger partial charge in [-0.05, 0) is 75.1 Å². The summed E-state index contributed by atoms with van der Waals surface area (Å²) in [6, 6.07) is 8.59. The van der Waals surface area contributed by atoms with E-state index in [9.17, 15) is 14.4 Å². The van der Waals surface area contributed by atoms with E-state index in [0.717, 1.165) is 22.3 Å². The lowest BCUT2D eigenvalue weighted by molar-refractivity contribution is -0.141. The van der Waals surface area contributed by atoms with Crippen molar-refractivity contribution >= 4 is 17.7 Å². The van der Waals surface area contributed by atoms with Crippen molar-refractivity contribution in [2.75, 3.05) is 19.8 Å². The predicted octanol–water partition coefficient (Wildman–Crippen LogP) is 3.47. The Labute approximate surface area is 171 Å². The van der Waals surface area contributed by atoms with Crippen LogP contribution in [0.4, 0.5) is 0 Å². The molecule has 0 heterocycles. The summed E-state index contributed by atoms with van der Waals surface area (Å²) in [5, 5.41) is 2.49. The lowest BCUT2D eigenvalue weighted by Gasteiger charge is -2.14. The number of ether oxygens (including phenoxy) is 2. The number of carbonyl (C=O) groups excluding carboxylic acids is 3. The van der Waals surface area contributed by atoms with E-state index in [0.29, 0.717) is 23.5 Å². The van der Waals surface area contributed by atoms with Gasteiger partial charge in [-0.3, -0.25) is 14.4 Å². The molecular formula is C23H27NO5. The highest BCUT2D eigenvalue weighted by Gasteiger charge is 2.17. The molecule has 0 aliphatic rings. The standard InChI is InChI=1S/C23H27NO5/c1-6-28-21-10-8-7-9-18(21)23(27)24-12-22(26)29-13-20(25)19-11-14(2)15(3)16(4)17(19)5/h7-11H,6,12-13H2,1-5H3,(H,24,27). The van der Waals surface area contributed by atoms with Gasteiger partial charge in [0, 0.05) is 5.56 Å². The Bertz CT molecular complexity index is 933. The number of hydrogen-bond donors (Lipinski definition) is 1. The fourth-order valence-electron chi connectivity index (χ4n) is 2.96. The first-order chi connectivity index (χ1) is 13.8. The van der Waals surface area contributed by atoms with Gasteiger partial charge in [-0.15, -0.1) is 0 Å². The van der Waals surface area contributed by atoms with Crippen LogP contribution in [-0.4, -0.2) is 37.4 Å². The topological polar surface area (TPSA) is 81.7 Å². The van der Waals surface area contributed by atoms with Crippen molar-refractivity contribution in [1.82, 2.24) is 5.32 Å². The SMILES string of the molecule is CCOc1ccccc1C(=O)NCC(=O)OCC(=O)c1cc(C)c(C)c(C)c1C. The summed E-state index contributed by atoms with van der Waals surface area (Å²) in [5.74, 6) is -0.955. The number of hydrogen-bond acceptors (Lipinski definition) is 5. The number of rotatable bonds is 8. The molecule has 0 fully saturated rings. The number of carbonyl (C=O) groups is 3. The number of esters is 1. The van der Waals surface area contributed by atoms with Gasteiger partial charge in [0.15, 0.2) is 6.61 Å². The van der Waals surface area contributed by atoms with E-state index in [1.165, 1.54) is 0 Å². The van der Waals surface area contributed by atoms with Crippen LogP contribution in [0.3, 0.4) is 0 Å². The molecule has 0 aliphatic heterocycles. The lowest BCUT2D eigenvalue weighted by atomic mass is 9.93. The Kier molecular flexibility index (Phi) is 7.53. The molecule has 2 aromatic rings. The number of aryl methyl sites for hydroxylation is 1. The van der Waals surface area contributed by atoms with Crippen LogP contribution in [0.15, 0.2) is 30.3 Å². The zero-order valence-electron chi connectivity index (χ0n) is 17.5. The summed E-state index contributed by atoms with van der Waals surface area (Å²) in [5.41, 5.74) is 4.98. The molecule has 2 aromatic carbocycles. The van der Waals surface area contributed by atoms with Gasteiger partial charge in [-0.2, -0.15) is 0 Å². The van der Waals surface area contributed by atoms with E-state index < -0.39 is 11.9 Å². The zero-order valence-corrected chi connectivity index (χ0v) is 17.5. The summed E-state index contributed by atoms with van der Waals surface area (Å²) in [4.78, 5) is 36.7. The molecule has 29 heavy (non-hydrogen) atoms. The highest BCUT2D eigenvalue weighted by Crippen LogP contribution is 2.21. The third kappa shape index (κ3) is 5.44. The molecule has 0 saturated carbocycles. The summed E-state index contributed by atoms with van der Waals surface area (Å²) >= 11 is 0. The second kappa shape index (κ2) is 9.87. The van der Waals surface area contributed by atoms with Gasteiger partial charge in [-0.25, -0.2) is 0 Å². The van der Waals surface area contributed by atoms with Gasteiger partial charge >= 0.3 is 5.97 Å². The van der Waals surface area contributed by atoms with Gasteiger partial charge in [0.25, 0.3) is 5.91 Å². The van der Waals surface area contributed by atoms with Crippen LogP contribution in [0.25, 0.3) is 0 Å². The number of para-hydroxylation sites is 1. The smallest absolute Gasteiger partial charge is 0.325 e. The van der Waals surface area contributed by atoms with Crippen LogP contribution in [0.1, 0.15) is 49.9 Å². The summed E-state index contributed by atoms with van der Waals surface area (Å²) < 4.78 is 10.5. The monoisotopic (exact) mass is 397 g/mol. The molecule has 6 heteroatoms. The third-order valence-corrected chi connectivity index (χ3v) is 4.97. The molecule has 0 aliphatic carbocycles. The molecule has 6 nitrogen and oxygen atoms in total. The molecule has 0 unspecified atom stereocenters. The molecule has 0 bridgehead atoms. The highest BCUT2D eigenvalue weighted by molar-refractivity contribution is 6.00. The van der Waals surface area contributed by atoms with Gasteiger partial charge in [0.1, 0.15) is 12.3 Å². The van der Waals surface area contributed by atoms with Gasteiger partial charge < -0.3 is 14.8 Å². The normalized spacial score (nSPS) is 10.4. The molecule has 0 spiro atoms. The van der Waals surface area contributed by atoms with Crippen LogP contribution in [0.5, 0.6) is 5.75 Å². The Morgan fingerprint density at radius 3 is 2.31 bits per heavy atom. The minimum atomic E-state index is -0.682. The second-order valence-corrected chi connectivity index (χ2v) is 6.81. The minimum absolute atomic E-state index is 0.268. The van der Waals surface area contributed by atoms with Crippen molar-refractivity contribution in [1.29, 1.82) is 0 Å². The maximum atomic E-state index is 12.5. The maximum absolute atomic E-state index is 12.5. The number of benzene rings is 2. The van der Waals surface area contributed by atoms with Crippen LogP contribution in [0.2, 0.25) is 0 Å². The van der Waals surface area contributed by atoms with Crippen LogP contribution >= 0.6 is 0 Å². The fraction of sp³-hybridized carbons (Fsp3) is 0.348. The van der Waals surface area contributed by atoms with E-state index in [1.54, 1.807) is 24.3 Å². The quantitative estimate of drug-likeness (QED) is 0.545. The van der Waals surface area contributed by atoms with Gasteiger partial charge in [0.05, 0.1) is 12.2 Å². The molecule has 2 rings (SSSR count). The average Bonchev–Trinajstić information content (AvgIpc) is 2.71. The Morgan fingerprint density at radius 2 is 1.62 bits per heavy atom. The minimum Gasteiger partial charge on any atom is -0.493 e. The molecule has 0 atom stereocenters. The van der Waals surface area contributed by atoms with Crippen molar-refractivity contribution < 1.29 is 23.9 Å². The fourth-order valence-corrected chi connectivity index (χ4v) is 2.96. The van der Waals surface area contributed by atoms with Crippen LogP contribution in [0, 0.1) is 27.7 Å². The molecule has 0 aromatic heterocycles. The first-order valence-corrected chi connectivity index (χ1v) is 9.52. The maximum Gasteiger partial charge on any atom is 0.325 e. The molecule has 1 N–H and O–H groups in total. The number of Topliss-reactive ketones (excluding diaryl/α,β-unsaturated/α-hetero) is 1. The second-order valence-electron chi connectivity index (χ2n) is 6.81. The van der Waals surface area contributed by atoms with Crippen molar-refractivity contribution in [2.24, 2.45) is 0 Å². The highest BCUT2D eigenvalue weighted by atomic mass is 16.5. The molecule has 154 valence electrons. The summed E-state index contributed by atoms with van der Waals surface area (Å²) in [6.07, 6.45) is 0. The van der Waals surface area contributed by atoms with Crippen molar-refractivity contribution in [3.05, 3.63) is 63.7 Å². The third-order valence-electron chi connectivity index (χ3n) is 4.97. The summed E-state index contributed by atoms with van der Waals surface area (Å²) in [6.45, 7) is 9.35. The number of nitrogens with one attached hydrogen (secondary N) is 1. The molecule has 1 amide bonds. The molecular weight excluding hydrogens is 370 g/mol. The predicted molar refractivity (Wildman–Crippen MR) is 111 cm³/mol.